The Kier molecular flexibility index (Phi) is 6.79. The predicted octanol–water partition coefficient (Wildman–Crippen LogP) is 5.79. The highest BCUT2D eigenvalue weighted by Crippen LogP contribution is 2.38. The molecule has 2 saturated carbocycles. The van der Waals surface area contributed by atoms with Crippen molar-refractivity contribution < 1.29 is 4.79 Å². The minimum atomic E-state index is -0.313. The number of nitrogens with two attached hydrogens (primary N) is 1. The number of fused-ring (bicyclic) bond motifs is 1. The number of imidazole rings is 1. The first-order valence-electron chi connectivity index (χ1n) is 11.1. The van der Waals surface area contributed by atoms with Crippen molar-refractivity contribution >= 4 is 16.9 Å². The van der Waals surface area contributed by atoms with E-state index in [0.717, 1.165) is 22.8 Å². The molecule has 1 atom stereocenters. The molecule has 2 aliphatic carbocycles. The average molecular weight is 384 g/mol. The second-order valence-corrected chi connectivity index (χ2v) is 9.69. The summed E-state index contributed by atoms with van der Waals surface area (Å²) >= 11 is 0. The fraction of sp³-hybridized carbons (Fsp3) is 0.667. The fourth-order valence-electron chi connectivity index (χ4n) is 5.20. The van der Waals surface area contributed by atoms with E-state index in [0.29, 0.717) is 11.5 Å². The van der Waals surface area contributed by atoms with Crippen LogP contribution in [0.3, 0.4) is 0 Å². The van der Waals surface area contributed by atoms with Crippen molar-refractivity contribution in [2.75, 3.05) is 0 Å². The van der Waals surface area contributed by atoms with Crippen molar-refractivity contribution in [2.24, 2.45) is 17.1 Å². The molecule has 1 aromatic carbocycles. The molecule has 1 heterocycles. The minimum Gasteiger partial charge on any atom is -0.369 e. The van der Waals surface area contributed by atoms with E-state index in [-0.39, 0.29) is 12.3 Å². The molecular weight excluding hydrogens is 346 g/mol. The van der Waals surface area contributed by atoms with Gasteiger partial charge in [0.2, 0.25) is 5.91 Å². The molecule has 4 rings (SSSR count). The molecule has 2 aliphatic rings. The smallest absolute Gasteiger partial charge is 0.225 e. The Balaban J connectivity index is 0.000000211. The third-order valence-corrected chi connectivity index (χ3v) is 6.39. The van der Waals surface area contributed by atoms with Crippen LogP contribution >= 0.6 is 0 Å². The number of para-hydroxylation sites is 2. The van der Waals surface area contributed by atoms with Crippen LogP contribution in [0.4, 0.5) is 0 Å². The van der Waals surface area contributed by atoms with Gasteiger partial charge in [-0.2, -0.15) is 0 Å². The topological polar surface area (TPSA) is 60.9 Å². The van der Waals surface area contributed by atoms with Gasteiger partial charge in [-0.25, -0.2) is 4.98 Å². The maximum Gasteiger partial charge on any atom is 0.225 e. The molecule has 0 aliphatic heterocycles. The zero-order valence-electron chi connectivity index (χ0n) is 17.9. The number of amides is 1. The molecular formula is C24H37N3O. The van der Waals surface area contributed by atoms with E-state index in [2.05, 4.69) is 36.4 Å². The van der Waals surface area contributed by atoms with Crippen LogP contribution in [-0.4, -0.2) is 15.5 Å². The Morgan fingerprint density at radius 1 is 1.14 bits per heavy atom. The van der Waals surface area contributed by atoms with E-state index in [9.17, 15) is 4.79 Å². The van der Waals surface area contributed by atoms with E-state index >= 15 is 0 Å². The van der Waals surface area contributed by atoms with Crippen molar-refractivity contribution in [3.05, 3.63) is 30.1 Å². The maximum absolute atomic E-state index is 11.2. The van der Waals surface area contributed by atoms with Gasteiger partial charge in [0.15, 0.2) is 0 Å². The Morgan fingerprint density at radius 2 is 1.86 bits per heavy atom. The zero-order valence-corrected chi connectivity index (χ0v) is 17.9. The van der Waals surface area contributed by atoms with Crippen molar-refractivity contribution in [3.63, 3.8) is 0 Å². The summed E-state index contributed by atoms with van der Waals surface area (Å²) in [7, 11) is 0. The molecule has 2 N–H and O–H groups in total. The van der Waals surface area contributed by atoms with Gasteiger partial charge in [0, 0.05) is 6.04 Å². The molecule has 154 valence electrons. The van der Waals surface area contributed by atoms with Crippen LogP contribution in [0.1, 0.15) is 90.4 Å². The molecule has 28 heavy (non-hydrogen) atoms. The Hall–Kier alpha value is -1.84. The number of primary amides is 1. The molecule has 4 heteroatoms. The molecule has 1 unspecified atom stereocenters. The third kappa shape index (κ3) is 5.36. The predicted molar refractivity (Wildman–Crippen MR) is 116 cm³/mol. The quantitative estimate of drug-likeness (QED) is 0.729. The summed E-state index contributed by atoms with van der Waals surface area (Å²) in [5.41, 5.74) is 8.10. The lowest BCUT2D eigenvalue weighted by Crippen LogP contribution is -2.21. The number of hydrogen-bond acceptors (Lipinski definition) is 2. The lowest BCUT2D eigenvalue weighted by molar-refractivity contribution is -0.117. The Morgan fingerprint density at radius 3 is 2.46 bits per heavy atom. The van der Waals surface area contributed by atoms with Gasteiger partial charge in [-0.05, 0) is 49.1 Å². The molecule has 0 bridgehead atoms. The van der Waals surface area contributed by atoms with Gasteiger partial charge >= 0.3 is 0 Å². The van der Waals surface area contributed by atoms with E-state index < -0.39 is 0 Å². The second kappa shape index (κ2) is 9.11. The summed E-state index contributed by atoms with van der Waals surface area (Å²) in [6.45, 7) is 7.16. The standard InChI is InChI=1S/C15H19N3O.C9H18/c16-14(19)10-15-17-12-8-4-5-9-13(12)18(15)11-6-2-1-3-7-11;1-8-5-4-6-9(2,3)7-8/h4-5,8-9,11H,1-3,6-7,10H2,(H2,16,19);8H,4-7H2,1-3H3. The van der Waals surface area contributed by atoms with Crippen LogP contribution < -0.4 is 5.73 Å². The summed E-state index contributed by atoms with van der Waals surface area (Å²) in [4.78, 5) is 15.8. The highest BCUT2D eigenvalue weighted by molar-refractivity contribution is 5.80. The van der Waals surface area contributed by atoms with E-state index in [4.69, 9.17) is 5.73 Å². The minimum absolute atomic E-state index is 0.227. The first-order chi connectivity index (χ1) is 13.4. The average Bonchev–Trinajstić information content (AvgIpc) is 2.99. The normalized spacial score (nSPS) is 22.5. The lowest BCUT2D eigenvalue weighted by atomic mass is 9.73. The molecule has 0 spiro atoms. The second-order valence-electron chi connectivity index (χ2n) is 9.69. The Labute approximate surface area is 169 Å². The van der Waals surface area contributed by atoms with E-state index in [1.54, 1.807) is 0 Å². The Bertz CT molecular complexity index is 786. The van der Waals surface area contributed by atoms with Crippen molar-refractivity contribution in [1.29, 1.82) is 0 Å². The van der Waals surface area contributed by atoms with E-state index in [1.165, 1.54) is 57.8 Å². The summed E-state index contributed by atoms with van der Waals surface area (Å²) in [5, 5.41) is 0. The van der Waals surface area contributed by atoms with Gasteiger partial charge in [0.05, 0.1) is 17.5 Å². The largest absolute Gasteiger partial charge is 0.369 e. The van der Waals surface area contributed by atoms with Gasteiger partial charge < -0.3 is 10.3 Å². The molecule has 4 nitrogen and oxygen atoms in total. The molecule has 1 amide bonds. The number of benzene rings is 1. The molecule has 1 aromatic heterocycles. The molecule has 0 radical (unpaired) electrons. The number of nitrogens with zero attached hydrogens (tertiary/aromatic N) is 2. The van der Waals surface area contributed by atoms with Crippen molar-refractivity contribution in [3.8, 4) is 0 Å². The molecule has 2 fully saturated rings. The van der Waals surface area contributed by atoms with Gasteiger partial charge in [-0.3, -0.25) is 4.79 Å². The summed E-state index contributed by atoms with van der Waals surface area (Å²) in [6.07, 6.45) is 12.2. The first kappa shape index (κ1) is 20.9. The fourth-order valence-corrected chi connectivity index (χ4v) is 5.20. The number of hydrogen-bond donors (Lipinski definition) is 1. The highest BCUT2D eigenvalue weighted by atomic mass is 16.1. The summed E-state index contributed by atoms with van der Waals surface area (Å²) in [6, 6.07) is 8.56. The number of carbonyl (C=O) groups excluding carboxylic acids is 1. The molecule has 2 aromatic rings. The first-order valence-corrected chi connectivity index (χ1v) is 11.1. The molecule has 0 saturated heterocycles. The van der Waals surface area contributed by atoms with Gasteiger partial charge in [0.25, 0.3) is 0 Å². The third-order valence-electron chi connectivity index (χ3n) is 6.39. The zero-order chi connectivity index (χ0) is 20.1. The lowest BCUT2D eigenvalue weighted by Gasteiger charge is -2.33. The van der Waals surface area contributed by atoms with Crippen LogP contribution in [0.25, 0.3) is 11.0 Å². The van der Waals surface area contributed by atoms with Crippen LogP contribution in [0, 0.1) is 11.3 Å². The van der Waals surface area contributed by atoms with Gasteiger partial charge in [-0.1, -0.05) is 65.0 Å². The van der Waals surface area contributed by atoms with Crippen LogP contribution in [0.2, 0.25) is 0 Å². The van der Waals surface area contributed by atoms with E-state index in [1.807, 2.05) is 18.2 Å². The van der Waals surface area contributed by atoms with Crippen LogP contribution in [-0.2, 0) is 11.2 Å². The maximum atomic E-state index is 11.2. The van der Waals surface area contributed by atoms with Gasteiger partial charge in [-0.15, -0.1) is 0 Å². The SMILES string of the molecule is CC1CCCC(C)(C)C1.NC(=O)Cc1nc2ccccc2n1C1CCCCC1. The van der Waals surface area contributed by atoms with Crippen molar-refractivity contribution in [1.82, 2.24) is 9.55 Å². The number of aromatic nitrogens is 2. The highest BCUT2D eigenvalue weighted by Gasteiger charge is 2.25. The van der Waals surface area contributed by atoms with Crippen LogP contribution in [0.5, 0.6) is 0 Å². The summed E-state index contributed by atoms with van der Waals surface area (Å²) in [5.74, 6) is 1.49. The summed E-state index contributed by atoms with van der Waals surface area (Å²) < 4.78 is 2.25. The monoisotopic (exact) mass is 383 g/mol. The van der Waals surface area contributed by atoms with Crippen molar-refractivity contribution in [2.45, 2.75) is 91.0 Å². The number of carbonyl (C=O) groups is 1. The number of rotatable bonds is 3. The van der Waals surface area contributed by atoms with Gasteiger partial charge in [0.1, 0.15) is 5.82 Å². The van der Waals surface area contributed by atoms with Crippen LogP contribution in [0.15, 0.2) is 24.3 Å².